The topological polar surface area (TPSA) is 107 Å². The van der Waals surface area contributed by atoms with Gasteiger partial charge in [-0.25, -0.2) is 4.98 Å². The summed E-state index contributed by atoms with van der Waals surface area (Å²) >= 11 is 1.24. The lowest BCUT2D eigenvalue weighted by Gasteiger charge is -2.11. The Bertz CT molecular complexity index is 657. The highest BCUT2D eigenvalue weighted by Crippen LogP contribution is 2.35. The first kappa shape index (κ1) is 14.3. The van der Waals surface area contributed by atoms with Crippen molar-refractivity contribution in [3.05, 3.63) is 34.6 Å². The van der Waals surface area contributed by atoms with Crippen molar-refractivity contribution in [2.24, 2.45) is 0 Å². The molecule has 7 heteroatoms. The second-order valence-electron chi connectivity index (χ2n) is 4.09. The Morgan fingerprint density at radius 1 is 1.40 bits per heavy atom. The Balaban J connectivity index is 2.27. The van der Waals surface area contributed by atoms with Gasteiger partial charge in [0.05, 0.1) is 12.3 Å². The maximum atomic E-state index is 11.3. The standard InChI is InChI=1S/C13H16N4O2S/c1-2-6-19-8-4-3-5-9(12(8)15)20-13-16-10(14)7-11(18)17-13/h3-5,7H,2,6,15H2,1H3,(H3,14,16,17,18). The first-order valence-electron chi connectivity index (χ1n) is 6.16. The molecule has 2 rings (SSSR count). The van der Waals surface area contributed by atoms with Crippen LogP contribution in [0.4, 0.5) is 11.5 Å². The molecule has 106 valence electrons. The number of H-pyrrole nitrogens is 1. The van der Waals surface area contributed by atoms with E-state index in [4.69, 9.17) is 16.2 Å². The molecule has 5 N–H and O–H groups in total. The van der Waals surface area contributed by atoms with E-state index < -0.39 is 0 Å². The van der Waals surface area contributed by atoms with Crippen LogP contribution >= 0.6 is 11.8 Å². The number of rotatable bonds is 5. The molecule has 0 amide bonds. The lowest BCUT2D eigenvalue weighted by molar-refractivity contribution is 0.318. The number of hydrogen-bond acceptors (Lipinski definition) is 6. The van der Waals surface area contributed by atoms with E-state index in [1.807, 2.05) is 25.1 Å². The van der Waals surface area contributed by atoms with Crippen LogP contribution in [0.3, 0.4) is 0 Å². The van der Waals surface area contributed by atoms with Gasteiger partial charge in [0.25, 0.3) is 5.56 Å². The van der Waals surface area contributed by atoms with Crippen molar-refractivity contribution >= 4 is 23.3 Å². The fraction of sp³-hybridized carbons (Fsp3) is 0.231. The number of ether oxygens (including phenoxy) is 1. The van der Waals surface area contributed by atoms with Crippen LogP contribution in [0.1, 0.15) is 13.3 Å². The maximum absolute atomic E-state index is 11.3. The van der Waals surface area contributed by atoms with Gasteiger partial charge >= 0.3 is 0 Å². The molecular formula is C13H16N4O2S. The van der Waals surface area contributed by atoms with Gasteiger partial charge in [-0.15, -0.1) is 0 Å². The Morgan fingerprint density at radius 3 is 2.90 bits per heavy atom. The van der Waals surface area contributed by atoms with Crippen molar-refractivity contribution in [1.29, 1.82) is 0 Å². The summed E-state index contributed by atoms with van der Waals surface area (Å²) < 4.78 is 5.56. The minimum Gasteiger partial charge on any atom is -0.491 e. The number of nitrogens with one attached hydrogen (secondary N) is 1. The molecule has 0 saturated carbocycles. The van der Waals surface area contributed by atoms with E-state index in [-0.39, 0.29) is 11.4 Å². The number of hydrogen-bond donors (Lipinski definition) is 3. The van der Waals surface area contributed by atoms with Crippen LogP contribution in [0.25, 0.3) is 0 Å². The molecule has 0 unspecified atom stereocenters. The van der Waals surface area contributed by atoms with Crippen LogP contribution in [0.2, 0.25) is 0 Å². The zero-order valence-electron chi connectivity index (χ0n) is 11.1. The van der Waals surface area contributed by atoms with Crippen LogP contribution in [0.5, 0.6) is 5.75 Å². The molecule has 1 aromatic carbocycles. The van der Waals surface area contributed by atoms with Gasteiger partial charge < -0.3 is 21.2 Å². The van der Waals surface area contributed by atoms with Crippen LogP contribution in [-0.2, 0) is 0 Å². The number of benzene rings is 1. The van der Waals surface area contributed by atoms with Gasteiger partial charge in [0, 0.05) is 11.0 Å². The molecule has 0 aliphatic rings. The molecule has 0 saturated heterocycles. The summed E-state index contributed by atoms with van der Waals surface area (Å²) in [7, 11) is 0. The molecule has 0 aliphatic heterocycles. The number of anilines is 2. The molecule has 1 heterocycles. The smallest absolute Gasteiger partial charge is 0.253 e. The molecular weight excluding hydrogens is 276 g/mol. The average Bonchev–Trinajstić information content (AvgIpc) is 2.38. The summed E-state index contributed by atoms with van der Waals surface area (Å²) in [5.74, 6) is 0.802. The number of nitrogens with zero attached hydrogens (tertiary/aromatic N) is 1. The fourth-order valence-corrected chi connectivity index (χ4v) is 2.42. The molecule has 0 atom stereocenters. The van der Waals surface area contributed by atoms with Gasteiger partial charge in [-0.05, 0) is 30.3 Å². The van der Waals surface area contributed by atoms with Crippen molar-refractivity contribution < 1.29 is 4.74 Å². The van der Waals surface area contributed by atoms with Gasteiger partial charge in [0.15, 0.2) is 5.16 Å². The number of para-hydroxylation sites is 1. The van der Waals surface area contributed by atoms with Gasteiger partial charge in [-0.3, -0.25) is 4.79 Å². The Labute approximate surface area is 120 Å². The second-order valence-corrected chi connectivity index (χ2v) is 5.12. The van der Waals surface area contributed by atoms with Crippen LogP contribution in [0.15, 0.2) is 39.1 Å². The van der Waals surface area contributed by atoms with Gasteiger partial charge in [-0.2, -0.15) is 0 Å². The number of aromatic amines is 1. The predicted molar refractivity (Wildman–Crippen MR) is 80.0 cm³/mol. The Morgan fingerprint density at radius 2 is 2.20 bits per heavy atom. The largest absolute Gasteiger partial charge is 0.491 e. The monoisotopic (exact) mass is 292 g/mol. The van der Waals surface area contributed by atoms with E-state index >= 15 is 0 Å². The average molecular weight is 292 g/mol. The molecule has 1 aromatic heterocycles. The van der Waals surface area contributed by atoms with Crippen molar-refractivity contribution in [1.82, 2.24) is 9.97 Å². The first-order valence-corrected chi connectivity index (χ1v) is 6.97. The van der Waals surface area contributed by atoms with E-state index in [2.05, 4.69) is 9.97 Å². The van der Waals surface area contributed by atoms with Gasteiger partial charge in [0.1, 0.15) is 11.6 Å². The van der Waals surface area contributed by atoms with Crippen molar-refractivity contribution in [2.75, 3.05) is 18.1 Å². The van der Waals surface area contributed by atoms with Crippen molar-refractivity contribution in [3.63, 3.8) is 0 Å². The summed E-state index contributed by atoms with van der Waals surface area (Å²) in [4.78, 5) is 18.8. The van der Waals surface area contributed by atoms with Crippen molar-refractivity contribution in [2.45, 2.75) is 23.4 Å². The maximum Gasteiger partial charge on any atom is 0.253 e. The van der Waals surface area contributed by atoms with Crippen LogP contribution < -0.4 is 21.8 Å². The zero-order valence-corrected chi connectivity index (χ0v) is 11.9. The van der Waals surface area contributed by atoms with Gasteiger partial charge in [0.2, 0.25) is 0 Å². The molecule has 0 aliphatic carbocycles. The molecule has 6 nitrogen and oxygen atoms in total. The fourth-order valence-electron chi connectivity index (χ4n) is 1.56. The van der Waals surface area contributed by atoms with Crippen LogP contribution in [-0.4, -0.2) is 16.6 Å². The highest BCUT2D eigenvalue weighted by Gasteiger charge is 2.09. The Kier molecular flexibility index (Phi) is 4.52. The molecule has 20 heavy (non-hydrogen) atoms. The van der Waals surface area contributed by atoms with E-state index in [0.717, 1.165) is 11.3 Å². The van der Waals surface area contributed by atoms with Crippen LogP contribution in [0, 0.1) is 0 Å². The SMILES string of the molecule is CCCOc1cccc(Sc2nc(N)cc(=O)[nH]2)c1N. The third kappa shape index (κ3) is 3.45. The van der Waals surface area contributed by atoms with E-state index in [1.165, 1.54) is 17.8 Å². The van der Waals surface area contributed by atoms with E-state index in [0.29, 0.717) is 23.2 Å². The third-order valence-electron chi connectivity index (χ3n) is 2.43. The zero-order chi connectivity index (χ0) is 14.5. The van der Waals surface area contributed by atoms with Crippen molar-refractivity contribution in [3.8, 4) is 5.75 Å². The molecule has 0 bridgehead atoms. The lowest BCUT2D eigenvalue weighted by atomic mass is 10.3. The molecule has 0 radical (unpaired) electrons. The third-order valence-corrected chi connectivity index (χ3v) is 3.40. The number of aromatic nitrogens is 2. The molecule has 0 fully saturated rings. The lowest BCUT2D eigenvalue weighted by Crippen LogP contribution is -2.09. The summed E-state index contributed by atoms with van der Waals surface area (Å²) in [6.45, 7) is 2.63. The highest BCUT2D eigenvalue weighted by atomic mass is 32.2. The number of nitrogens with two attached hydrogens (primary N) is 2. The second kappa shape index (κ2) is 6.33. The molecule has 2 aromatic rings. The minimum atomic E-state index is -0.294. The quantitative estimate of drug-likeness (QED) is 0.573. The summed E-state index contributed by atoms with van der Waals surface area (Å²) in [6, 6.07) is 6.72. The summed E-state index contributed by atoms with van der Waals surface area (Å²) in [5.41, 5.74) is 11.8. The normalized spacial score (nSPS) is 10.4. The minimum absolute atomic E-state index is 0.174. The van der Waals surface area contributed by atoms with Gasteiger partial charge in [-0.1, -0.05) is 13.0 Å². The molecule has 0 spiro atoms. The van der Waals surface area contributed by atoms with E-state index in [9.17, 15) is 4.79 Å². The first-order chi connectivity index (χ1) is 9.60. The predicted octanol–water partition coefficient (Wildman–Crippen LogP) is 1.87. The Hall–Kier alpha value is -2.15. The highest BCUT2D eigenvalue weighted by molar-refractivity contribution is 7.99. The number of nitrogen functional groups attached to an aromatic ring is 2. The van der Waals surface area contributed by atoms with E-state index in [1.54, 1.807) is 0 Å². The summed E-state index contributed by atoms with van der Waals surface area (Å²) in [6.07, 6.45) is 0.904. The summed E-state index contributed by atoms with van der Waals surface area (Å²) in [5, 5.41) is 0.398.